The van der Waals surface area contributed by atoms with Gasteiger partial charge in [-0.15, -0.1) is 0 Å². The molecular weight excluding hydrogens is 506 g/mol. The maximum Gasteiger partial charge on any atom is 0.417 e. The molecule has 0 spiro atoms. The lowest BCUT2D eigenvalue weighted by atomic mass is 9.84. The fourth-order valence-corrected chi connectivity index (χ4v) is 3.57. The monoisotopic (exact) mass is 533 g/mol. The van der Waals surface area contributed by atoms with Crippen LogP contribution in [-0.4, -0.2) is 26.8 Å². The van der Waals surface area contributed by atoms with Gasteiger partial charge < -0.3 is 16.0 Å². The number of benzene rings is 1. The van der Waals surface area contributed by atoms with E-state index in [1.54, 1.807) is 19.9 Å². The molecule has 0 bridgehead atoms. The second-order valence-electron chi connectivity index (χ2n) is 9.79. The lowest BCUT2D eigenvalue weighted by Gasteiger charge is -2.22. The van der Waals surface area contributed by atoms with Gasteiger partial charge in [0.25, 0.3) is 5.56 Å². The second kappa shape index (κ2) is 10.7. The highest BCUT2D eigenvalue weighted by Crippen LogP contribution is 2.39. The number of hydrogen-bond donors (Lipinski definition) is 3. The summed E-state index contributed by atoms with van der Waals surface area (Å²) in [5, 5.41) is 2.73. The molecule has 38 heavy (non-hydrogen) atoms. The van der Waals surface area contributed by atoms with Crippen LogP contribution in [0.5, 0.6) is 0 Å². The third-order valence-electron chi connectivity index (χ3n) is 5.88. The van der Waals surface area contributed by atoms with E-state index in [4.69, 9.17) is 5.73 Å². The standard InChI is InChI=1S/C26H27F4N5O3/c1-13(2)23(37)33-12-14-5-8-17(32-11-14)18-9-19(36)35-22(34-18)20-16(26(28,29)30)7-6-15(21(20)27)10-25(3,4)24(31)38/h5-9,11,13H,10,12H2,1-4H3,(H2,31,38)(H,33,37)(H,34,35,36). The Kier molecular flexibility index (Phi) is 8.03. The Balaban J connectivity index is 2.07. The van der Waals surface area contributed by atoms with E-state index >= 15 is 4.39 Å². The number of nitrogens with two attached hydrogens (primary N) is 1. The molecule has 0 saturated heterocycles. The average Bonchev–Trinajstić information content (AvgIpc) is 2.82. The second-order valence-corrected chi connectivity index (χ2v) is 9.79. The number of H-pyrrole nitrogens is 1. The molecule has 3 rings (SSSR count). The van der Waals surface area contributed by atoms with E-state index in [1.165, 1.54) is 26.1 Å². The number of hydrogen-bond acceptors (Lipinski definition) is 5. The molecule has 0 aliphatic rings. The smallest absolute Gasteiger partial charge is 0.369 e. The molecule has 202 valence electrons. The molecule has 2 amide bonds. The highest BCUT2D eigenvalue weighted by Gasteiger charge is 2.38. The van der Waals surface area contributed by atoms with E-state index in [0.717, 1.165) is 12.1 Å². The number of nitrogens with one attached hydrogen (secondary N) is 2. The van der Waals surface area contributed by atoms with Crippen LogP contribution in [-0.2, 0) is 28.7 Å². The fraction of sp³-hybridized carbons (Fsp3) is 0.346. The van der Waals surface area contributed by atoms with Crippen LogP contribution in [0.15, 0.2) is 41.3 Å². The zero-order valence-electron chi connectivity index (χ0n) is 21.2. The average molecular weight is 534 g/mol. The maximum absolute atomic E-state index is 15.6. The number of aromatic amines is 1. The van der Waals surface area contributed by atoms with Gasteiger partial charge in [0.05, 0.1) is 22.5 Å². The highest BCUT2D eigenvalue weighted by molar-refractivity contribution is 5.80. The van der Waals surface area contributed by atoms with Gasteiger partial charge >= 0.3 is 6.18 Å². The van der Waals surface area contributed by atoms with Crippen molar-refractivity contribution in [1.29, 1.82) is 0 Å². The Morgan fingerprint density at radius 3 is 2.34 bits per heavy atom. The Hall–Kier alpha value is -4.09. The van der Waals surface area contributed by atoms with E-state index < -0.39 is 45.8 Å². The first-order chi connectivity index (χ1) is 17.6. The van der Waals surface area contributed by atoms with Crippen LogP contribution in [0.1, 0.15) is 44.4 Å². The summed E-state index contributed by atoms with van der Waals surface area (Å²) in [6, 6.07) is 5.73. The number of alkyl halides is 3. The number of rotatable bonds is 8. The third kappa shape index (κ3) is 6.42. The van der Waals surface area contributed by atoms with E-state index in [-0.39, 0.29) is 41.7 Å². The third-order valence-corrected chi connectivity index (χ3v) is 5.88. The van der Waals surface area contributed by atoms with Crippen molar-refractivity contribution in [2.45, 2.75) is 46.8 Å². The van der Waals surface area contributed by atoms with Crippen molar-refractivity contribution in [3.63, 3.8) is 0 Å². The van der Waals surface area contributed by atoms with Crippen LogP contribution in [0.4, 0.5) is 17.6 Å². The first-order valence-electron chi connectivity index (χ1n) is 11.6. The Morgan fingerprint density at radius 2 is 1.79 bits per heavy atom. The lowest BCUT2D eigenvalue weighted by molar-refractivity contribution is -0.137. The molecule has 0 radical (unpaired) electrons. The molecule has 12 heteroatoms. The first-order valence-corrected chi connectivity index (χ1v) is 11.6. The summed E-state index contributed by atoms with van der Waals surface area (Å²) in [5.74, 6) is -3.04. The minimum atomic E-state index is -4.97. The SMILES string of the molecule is CC(C)C(=O)NCc1ccc(-c2cc(=O)[nH]c(-c3c(C(F)(F)F)ccc(CC(C)(C)C(N)=O)c3F)n2)nc1. The first kappa shape index (κ1) is 28.5. The van der Waals surface area contributed by atoms with E-state index in [1.807, 2.05) is 0 Å². The van der Waals surface area contributed by atoms with Crippen molar-refractivity contribution in [2.24, 2.45) is 17.1 Å². The van der Waals surface area contributed by atoms with Crippen molar-refractivity contribution < 1.29 is 27.2 Å². The quantitative estimate of drug-likeness (QED) is 0.377. The van der Waals surface area contributed by atoms with Gasteiger partial charge in [0.1, 0.15) is 11.6 Å². The van der Waals surface area contributed by atoms with Crippen molar-refractivity contribution >= 4 is 11.8 Å². The van der Waals surface area contributed by atoms with E-state index in [9.17, 15) is 27.6 Å². The predicted molar refractivity (Wildman–Crippen MR) is 132 cm³/mol. The van der Waals surface area contributed by atoms with E-state index in [2.05, 4.69) is 20.3 Å². The molecule has 0 fully saturated rings. The molecule has 1 aromatic carbocycles. The van der Waals surface area contributed by atoms with Crippen LogP contribution in [0, 0.1) is 17.2 Å². The normalized spacial score (nSPS) is 12.0. The van der Waals surface area contributed by atoms with Gasteiger partial charge in [-0.05, 0) is 29.7 Å². The van der Waals surface area contributed by atoms with Crippen molar-refractivity contribution in [2.75, 3.05) is 0 Å². The molecule has 2 aromatic heterocycles. The summed E-state index contributed by atoms with van der Waals surface area (Å²) in [6.07, 6.45) is -3.82. The zero-order chi connectivity index (χ0) is 28.4. The summed E-state index contributed by atoms with van der Waals surface area (Å²) in [7, 11) is 0. The lowest BCUT2D eigenvalue weighted by Crippen LogP contribution is -2.33. The molecule has 2 heterocycles. The molecule has 0 saturated carbocycles. The highest BCUT2D eigenvalue weighted by atomic mass is 19.4. The summed E-state index contributed by atoms with van der Waals surface area (Å²) >= 11 is 0. The topological polar surface area (TPSA) is 131 Å². The van der Waals surface area contributed by atoms with Crippen LogP contribution < -0.4 is 16.6 Å². The number of aromatic nitrogens is 3. The largest absolute Gasteiger partial charge is 0.417 e. The van der Waals surface area contributed by atoms with Gasteiger partial charge in [0.2, 0.25) is 11.8 Å². The van der Waals surface area contributed by atoms with Gasteiger partial charge in [-0.1, -0.05) is 39.8 Å². The minimum Gasteiger partial charge on any atom is -0.369 e. The van der Waals surface area contributed by atoms with Gasteiger partial charge in [-0.25, -0.2) is 9.37 Å². The molecule has 0 atom stereocenters. The molecular formula is C26H27F4N5O3. The zero-order valence-corrected chi connectivity index (χ0v) is 21.2. The number of pyridine rings is 1. The summed E-state index contributed by atoms with van der Waals surface area (Å²) in [5.41, 5.74) is 1.48. The molecule has 0 unspecified atom stereocenters. The number of halogens is 4. The number of nitrogens with zero attached hydrogens (tertiary/aromatic N) is 2. The Bertz CT molecular complexity index is 1410. The van der Waals surface area contributed by atoms with Crippen LogP contribution >= 0.6 is 0 Å². The molecule has 4 N–H and O–H groups in total. The number of primary amides is 1. The fourth-order valence-electron chi connectivity index (χ4n) is 3.57. The van der Waals surface area contributed by atoms with Crippen molar-refractivity contribution in [1.82, 2.24) is 20.3 Å². The summed E-state index contributed by atoms with van der Waals surface area (Å²) < 4.78 is 57.2. The van der Waals surface area contributed by atoms with Gasteiger partial charge in [-0.3, -0.25) is 19.4 Å². The minimum absolute atomic E-state index is 0.0862. The molecule has 3 aromatic rings. The molecule has 0 aliphatic carbocycles. The van der Waals surface area contributed by atoms with Crippen molar-refractivity contribution in [3.05, 3.63) is 69.4 Å². The van der Waals surface area contributed by atoms with Crippen LogP contribution in [0.3, 0.4) is 0 Å². The number of carbonyl (C=O) groups excluding carboxylic acids is 2. The Labute approximate surface area is 215 Å². The van der Waals surface area contributed by atoms with Crippen LogP contribution in [0.2, 0.25) is 0 Å². The van der Waals surface area contributed by atoms with Crippen LogP contribution in [0.25, 0.3) is 22.8 Å². The maximum atomic E-state index is 15.6. The van der Waals surface area contributed by atoms with Gasteiger partial charge in [-0.2, -0.15) is 13.2 Å². The van der Waals surface area contributed by atoms with Crippen molar-refractivity contribution in [3.8, 4) is 22.8 Å². The van der Waals surface area contributed by atoms with Gasteiger partial charge in [0, 0.05) is 30.1 Å². The summed E-state index contributed by atoms with van der Waals surface area (Å²) in [6.45, 7) is 6.57. The molecule has 8 nitrogen and oxygen atoms in total. The summed E-state index contributed by atoms with van der Waals surface area (Å²) in [4.78, 5) is 46.4. The number of carbonyl (C=O) groups is 2. The molecule has 0 aliphatic heterocycles. The predicted octanol–water partition coefficient (Wildman–Crippen LogP) is 3.98. The van der Waals surface area contributed by atoms with E-state index in [0.29, 0.717) is 11.6 Å². The Morgan fingerprint density at radius 1 is 1.11 bits per heavy atom. The van der Waals surface area contributed by atoms with Gasteiger partial charge in [0.15, 0.2) is 0 Å². The number of amides is 2.